The Morgan fingerprint density at radius 1 is 1.43 bits per heavy atom. The first kappa shape index (κ1) is 15.4. The molecule has 1 saturated carbocycles. The molecule has 0 radical (unpaired) electrons. The summed E-state index contributed by atoms with van der Waals surface area (Å²) in [6.45, 7) is 6.71. The van der Waals surface area contributed by atoms with Gasteiger partial charge in [-0.05, 0) is 49.8 Å². The van der Waals surface area contributed by atoms with E-state index in [4.69, 9.17) is 16.6 Å². The minimum absolute atomic E-state index is 0.0657. The number of rotatable bonds is 3. The fraction of sp³-hybridized carbons (Fsp3) is 0.588. The molecule has 0 spiro atoms. The van der Waals surface area contributed by atoms with E-state index in [1.807, 2.05) is 6.92 Å². The first-order chi connectivity index (χ1) is 10.0. The Bertz CT molecular complexity index is 650. The molecule has 1 heterocycles. The number of aromatic nitrogens is 2. The molecule has 4 heteroatoms. The fourth-order valence-corrected chi connectivity index (χ4v) is 4.39. The van der Waals surface area contributed by atoms with Crippen LogP contribution in [0.2, 0.25) is 0 Å². The number of halogens is 2. The maximum atomic E-state index is 6.42. The molecule has 0 saturated heterocycles. The zero-order chi connectivity index (χ0) is 15.1. The summed E-state index contributed by atoms with van der Waals surface area (Å²) in [5.74, 6) is 2.52. The van der Waals surface area contributed by atoms with Crippen LogP contribution >= 0.6 is 27.5 Å². The summed E-state index contributed by atoms with van der Waals surface area (Å²) in [6, 6.07) is 6.88. The van der Waals surface area contributed by atoms with Crippen molar-refractivity contribution >= 4 is 38.6 Å². The average molecular weight is 370 g/mol. The Labute approximate surface area is 140 Å². The highest BCUT2D eigenvalue weighted by Gasteiger charge is 2.35. The van der Waals surface area contributed by atoms with Crippen molar-refractivity contribution in [2.45, 2.75) is 51.5 Å². The standard InChI is InChI=1S/C17H22BrClN2/c1-4-12-5-7-15(10(12)2)21-16-8-6-13(18)9-14(16)20-17(21)11(3)19/h6,8-12,15H,4-5,7H2,1-3H3. The molecule has 0 aliphatic heterocycles. The lowest BCUT2D eigenvalue weighted by Gasteiger charge is -2.24. The molecule has 2 aromatic rings. The first-order valence-electron chi connectivity index (χ1n) is 7.84. The zero-order valence-electron chi connectivity index (χ0n) is 12.8. The second-order valence-electron chi connectivity index (χ2n) is 6.26. The predicted octanol–water partition coefficient (Wildman–Crippen LogP) is 6.10. The molecule has 0 bridgehead atoms. The van der Waals surface area contributed by atoms with E-state index in [1.54, 1.807) is 0 Å². The Morgan fingerprint density at radius 3 is 2.81 bits per heavy atom. The highest BCUT2D eigenvalue weighted by Crippen LogP contribution is 2.44. The molecule has 1 aliphatic rings. The van der Waals surface area contributed by atoms with E-state index in [-0.39, 0.29) is 5.38 Å². The number of hydrogen-bond donors (Lipinski definition) is 0. The maximum Gasteiger partial charge on any atom is 0.127 e. The number of benzene rings is 1. The van der Waals surface area contributed by atoms with Gasteiger partial charge < -0.3 is 4.57 Å². The van der Waals surface area contributed by atoms with Gasteiger partial charge in [-0.25, -0.2) is 4.98 Å². The molecule has 1 aromatic heterocycles. The third-order valence-electron chi connectivity index (χ3n) is 5.07. The lowest BCUT2D eigenvalue weighted by molar-refractivity contribution is 0.329. The van der Waals surface area contributed by atoms with Crippen LogP contribution < -0.4 is 0 Å². The molecule has 2 nitrogen and oxygen atoms in total. The summed E-state index contributed by atoms with van der Waals surface area (Å²) >= 11 is 9.96. The van der Waals surface area contributed by atoms with E-state index in [0.717, 1.165) is 21.7 Å². The van der Waals surface area contributed by atoms with Crippen LogP contribution in [0.5, 0.6) is 0 Å². The van der Waals surface area contributed by atoms with Gasteiger partial charge in [0.05, 0.1) is 16.4 Å². The van der Waals surface area contributed by atoms with Gasteiger partial charge >= 0.3 is 0 Å². The van der Waals surface area contributed by atoms with Crippen LogP contribution in [0, 0.1) is 11.8 Å². The average Bonchev–Trinajstić information content (AvgIpc) is 2.98. The number of nitrogens with zero attached hydrogens (tertiary/aromatic N) is 2. The minimum atomic E-state index is -0.0657. The van der Waals surface area contributed by atoms with E-state index in [9.17, 15) is 0 Å². The van der Waals surface area contributed by atoms with Crippen LogP contribution in [-0.2, 0) is 0 Å². The van der Waals surface area contributed by atoms with Crippen molar-refractivity contribution in [3.05, 3.63) is 28.5 Å². The molecule has 1 aromatic carbocycles. The SMILES string of the molecule is CCC1CCC(n2c(C(C)Cl)nc3cc(Br)ccc32)C1C. The lowest BCUT2D eigenvalue weighted by atomic mass is 9.93. The van der Waals surface area contributed by atoms with Gasteiger partial charge in [0.25, 0.3) is 0 Å². The molecule has 4 atom stereocenters. The van der Waals surface area contributed by atoms with Crippen LogP contribution in [-0.4, -0.2) is 9.55 Å². The van der Waals surface area contributed by atoms with E-state index < -0.39 is 0 Å². The summed E-state index contributed by atoms with van der Waals surface area (Å²) < 4.78 is 3.49. The Kier molecular flexibility index (Phi) is 4.33. The van der Waals surface area contributed by atoms with E-state index in [0.29, 0.717) is 12.0 Å². The molecular weight excluding hydrogens is 348 g/mol. The largest absolute Gasteiger partial charge is 0.323 e. The Balaban J connectivity index is 2.14. The lowest BCUT2D eigenvalue weighted by Crippen LogP contribution is -2.18. The fourth-order valence-electron chi connectivity index (χ4n) is 3.88. The van der Waals surface area contributed by atoms with Gasteiger partial charge in [-0.15, -0.1) is 11.6 Å². The van der Waals surface area contributed by atoms with Crippen molar-refractivity contribution in [2.75, 3.05) is 0 Å². The normalized spacial score (nSPS) is 27.4. The number of hydrogen-bond acceptors (Lipinski definition) is 1. The molecule has 21 heavy (non-hydrogen) atoms. The highest BCUT2D eigenvalue weighted by atomic mass is 79.9. The summed E-state index contributed by atoms with van der Waals surface area (Å²) in [7, 11) is 0. The monoisotopic (exact) mass is 368 g/mol. The summed E-state index contributed by atoms with van der Waals surface area (Å²) in [6.07, 6.45) is 3.81. The Hall–Kier alpha value is -0.540. The van der Waals surface area contributed by atoms with Gasteiger partial charge in [0.2, 0.25) is 0 Å². The first-order valence-corrected chi connectivity index (χ1v) is 9.07. The third kappa shape index (κ3) is 2.63. The van der Waals surface area contributed by atoms with Gasteiger partial charge in [-0.1, -0.05) is 36.2 Å². The van der Waals surface area contributed by atoms with Gasteiger partial charge in [-0.2, -0.15) is 0 Å². The van der Waals surface area contributed by atoms with Crippen LogP contribution in [0.3, 0.4) is 0 Å². The molecule has 3 rings (SSSR count). The van der Waals surface area contributed by atoms with Gasteiger partial charge in [-0.3, -0.25) is 0 Å². The second kappa shape index (κ2) is 5.92. The zero-order valence-corrected chi connectivity index (χ0v) is 15.2. The van der Waals surface area contributed by atoms with Gasteiger partial charge in [0, 0.05) is 10.5 Å². The molecule has 114 valence electrons. The predicted molar refractivity (Wildman–Crippen MR) is 92.9 cm³/mol. The van der Waals surface area contributed by atoms with Crippen molar-refractivity contribution in [3.63, 3.8) is 0 Å². The third-order valence-corrected chi connectivity index (χ3v) is 5.76. The molecular formula is C17H22BrClN2. The quantitative estimate of drug-likeness (QED) is 0.598. The van der Waals surface area contributed by atoms with Crippen LogP contribution in [0.25, 0.3) is 11.0 Å². The smallest absolute Gasteiger partial charge is 0.127 e. The molecule has 0 N–H and O–H groups in total. The number of alkyl halides is 1. The van der Waals surface area contributed by atoms with E-state index in [2.05, 4.69) is 52.5 Å². The molecule has 1 fully saturated rings. The van der Waals surface area contributed by atoms with Crippen LogP contribution in [0.4, 0.5) is 0 Å². The number of fused-ring (bicyclic) bond motifs is 1. The van der Waals surface area contributed by atoms with Gasteiger partial charge in [0.15, 0.2) is 0 Å². The van der Waals surface area contributed by atoms with Crippen LogP contribution in [0.1, 0.15) is 57.3 Å². The van der Waals surface area contributed by atoms with Crippen molar-refractivity contribution in [1.82, 2.24) is 9.55 Å². The summed E-state index contributed by atoms with van der Waals surface area (Å²) in [5.41, 5.74) is 2.26. The minimum Gasteiger partial charge on any atom is -0.323 e. The summed E-state index contributed by atoms with van der Waals surface area (Å²) in [5, 5.41) is -0.0657. The van der Waals surface area contributed by atoms with Crippen molar-refractivity contribution < 1.29 is 0 Å². The molecule has 4 unspecified atom stereocenters. The van der Waals surface area contributed by atoms with Crippen LogP contribution in [0.15, 0.2) is 22.7 Å². The number of imidazole rings is 1. The topological polar surface area (TPSA) is 17.8 Å². The second-order valence-corrected chi connectivity index (χ2v) is 7.83. The highest BCUT2D eigenvalue weighted by molar-refractivity contribution is 9.10. The van der Waals surface area contributed by atoms with Crippen molar-refractivity contribution in [2.24, 2.45) is 11.8 Å². The summed E-state index contributed by atoms with van der Waals surface area (Å²) in [4.78, 5) is 4.80. The van der Waals surface area contributed by atoms with E-state index in [1.165, 1.54) is 24.8 Å². The maximum absolute atomic E-state index is 6.42. The molecule has 1 aliphatic carbocycles. The van der Waals surface area contributed by atoms with Gasteiger partial charge in [0.1, 0.15) is 5.82 Å². The molecule has 0 amide bonds. The van der Waals surface area contributed by atoms with Crippen molar-refractivity contribution in [1.29, 1.82) is 0 Å². The van der Waals surface area contributed by atoms with Crippen molar-refractivity contribution in [3.8, 4) is 0 Å². The Morgan fingerprint density at radius 2 is 2.19 bits per heavy atom. The van der Waals surface area contributed by atoms with E-state index >= 15 is 0 Å².